The maximum Gasteiger partial charge on any atom is 0.0365 e. The summed E-state index contributed by atoms with van der Waals surface area (Å²) in [5.74, 6) is 0.744. The first-order chi connectivity index (χ1) is 7.95. The van der Waals surface area contributed by atoms with E-state index in [1.54, 1.807) is 0 Å². The summed E-state index contributed by atoms with van der Waals surface area (Å²) >= 11 is 7.24. The highest BCUT2D eigenvalue weighted by Crippen LogP contribution is 2.58. The summed E-state index contributed by atoms with van der Waals surface area (Å²) in [6.45, 7) is 7.90. The SMILES string of the molecule is CCNC(c1cc(Br)ccc1Br)C1CC1(C)C. The molecule has 2 rings (SSSR count). The molecule has 2 unspecified atom stereocenters. The van der Waals surface area contributed by atoms with E-state index in [0.717, 1.165) is 16.9 Å². The number of benzene rings is 1. The van der Waals surface area contributed by atoms with Gasteiger partial charge in [-0.05, 0) is 48.1 Å². The van der Waals surface area contributed by atoms with Crippen LogP contribution in [0.3, 0.4) is 0 Å². The highest BCUT2D eigenvalue weighted by atomic mass is 79.9. The third kappa shape index (κ3) is 2.94. The third-order valence-electron chi connectivity index (χ3n) is 3.71. The first-order valence-corrected chi connectivity index (χ1v) is 7.72. The zero-order valence-corrected chi connectivity index (χ0v) is 13.7. The van der Waals surface area contributed by atoms with Crippen LogP contribution >= 0.6 is 31.9 Å². The molecule has 0 aromatic heterocycles. The molecule has 1 aromatic carbocycles. The molecule has 1 nitrogen and oxygen atoms in total. The van der Waals surface area contributed by atoms with Crippen molar-refractivity contribution in [3.8, 4) is 0 Å². The molecule has 1 fully saturated rings. The molecule has 0 bridgehead atoms. The van der Waals surface area contributed by atoms with E-state index in [9.17, 15) is 0 Å². The Labute approximate surface area is 121 Å². The summed E-state index contributed by atoms with van der Waals surface area (Å²) in [6.07, 6.45) is 1.31. The predicted octanol–water partition coefficient (Wildman–Crippen LogP) is 4.91. The Hall–Kier alpha value is 0.140. The standard InChI is InChI=1S/C14H19Br2N/c1-4-17-13(11-8-14(11,2)3)10-7-9(15)5-6-12(10)16/h5-7,11,13,17H,4,8H2,1-3H3. The van der Waals surface area contributed by atoms with E-state index in [4.69, 9.17) is 0 Å². The molecule has 2 atom stereocenters. The lowest BCUT2D eigenvalue weighted by Crippen LogP contribution is -2.24. The highest BCUT2D eigenvalue weighted by molar-refractivity contribution is 9.11. The van der Waals surface area contributed by atoms with Crippen LogP contribution in [0.25, 0.3) is 0 Å². The predicted molar refractivity (Wildman–Crippen MR) is 80.1 cm³/mol. The van der Waals surface area contributed by atoms with Crippen molar-refractivity contribution in [1.29, 1.82) is 0 Å². The van der Waals surface area contributed by atoms with Crippen molar-refractivity contribution >= 4 is 31.9 Å². The van der Waals surface area contributed by atoms with Crippen molar-refractivity contribution in [2.24, 2.45) is 11.3 Å². The van der Waals surface area contributed by atoms with Gasteiger partial charge in [0.2, 0.25) is 0 Å². The van der Waals surface area contributed by atoms with Gasteiger partial charge in [-0.2, -0.15) is 0 Å². The van der Waals surface area contributed by atoms with Gasteiger partial charge in [-0.25, -0.2) is 0 Å². The molecule has 1 aromatic rings. The number of rotatable bonds is 4. The Kier molecular flexibility index (Phi) is 4.01. The van der Waals surface area contributed by atoms with Gasteiger partial charge in [0.05, 0.1) is 0 Å². The summed E-state index contributed by atoms with van der Waals surface area (Å²) in [6, 6.07) is 6.89. The minimum atomic E-state index is 0.460. The Morgan fingerprint density at radius 3 is 2.59 bits per heavy atom. The van der Waals surface area contributed by atoms with Crippen molar-refractivity contribution in [1.82, 2.24) is 5.32 Å². The van der Waals surface area contributed by atoms with E-state index in [1.165, 1.54) is 16.5 Å². The number of hydrogen-bond acceptors (Lipinski definition) is 1. The van der Waals surface area contributed by atoms with Crippen LogP contribution in [-0.4, -0.2) is 6.54 Å². The quantitative estimate of drug-likeness (QED) is 0.804. The van der Waals surface area contributed by atoms with Gasteiger partial charge in [0.25, 0.3) is 0 Å². The minimum Gasteiger partial charge on any atom is -0.310 e. The topological polar surface area (TPSA) is 12.0 Å². The molecule has 1 saturated carbocycles. The summed E-state index contributed by atoms with van der Waals surface area (Å²) in [5.41, 5.74) is 1.85. The lowest BCUT2D eigenvalue weighted by molar-refractivity contribution is 0.422. The Balaban J connectivity index is 2.30. The summed E-state index contributed by atoms with van der Waals surface area (Å²) in [5, 5.41) is 3.63. The molecule has 17 heavy (non-hydrogen) atoms. The third-order valence-corrected chi connectivity index (χ3v) is 4.92. The van der Waals surface area contributed by atoms with Gasteiger partial charge in [-0.15, -0.1) is 0 Å². The second kappa shape index (κ2) is 5.02. The van der Waals surface area contributed by atoms with Gasteiger partial charge < -0.3 is 5.32 Å². The van der Waals surface area contributed by atoms with Gasteiger partial charge >= 0.3 is 0 Å². The minimum absolute atomic E-state index is 0.460. The average Bonchev–Trinajstić information content (AvgIpc) is 2.88. The normalized spacial score (nSPS) is 23.5. The summed E-state index contributed by atoms with van der Waals surface area (Å²) in [7, 11) is 0. The zero-order chi connectivity index (χ0) is 12.6. The molecular formula is C14H19Br2N. The van der Waals surface area contributed by atoms with E-state index in [2.05, 4.69) is 76.1 Å². The molecule has 0 heterocycles. The first-order valence-electron chi connectivity index (χ1n) is 6.14. The van der Waals surface area contributed by atoms with Crippen LogP contribution in [0.2, 0.25) is 0 Å². The van der Waals surface area contributed by atoms with Gasteiger partial charge in [-0.1, -0.05) is 52.6 Å². The van der Waals surface area contributed by atoms with Crippen molar-refractivity contribution in [2.45, 2.75) is 33.2 Å². The second-order valence-electron chi connectivity index (χ2n) is 5.50. The van der Waals surface area contributed by atoms with Crippen molar-refractivity contribution in [3.63, 3.8) is 0 Å². The molecule has 0 saturated heterocycles. The van der Waals surface area contributed by atoms with E-state index < -0.39 is 0 Å². The van der Waals surface area contributed by atoms with Crippen molar-refractivity contribution in [2.75, 3.05) is 6.54 Å². The molecule has 94 valence electrons. The maximum atomic E-state index is 3.67. The highest BCUT2D eigenvalue weighted by Gasteiger charge is 2.50. The number of hydrogen-bond donors (Lipinski definition) is 1. The Morgan fingerprint density at radius 1 is 1.41 bits per heavy atom. The first kappa shape index (κ1) is 13.6. The second-order valence-corrected chi connectivity index (χ2v) is 7.27. The molecule has 1 N–H and O–H groups in total. The van der Waals surface area contributed by atoms with Crippen LogP contribution in [0.1, 0.15) is 38.8 Å². The fourth-order valence-corrected chi connectivity index (χ4v) is 3.39. The van der Waals surface area contributed by atoms with Crippen LogP contribution < -0.4 is 5.32 Å². The van der Waals surface area contributed by atoms with E-state index >= 15 is 0 Å². The molecule has 1 aliphatic carbocycles. The van der Waals surface area contributed by atoms with Crippen molar-refractivity contribution < 1.29 is 0 Å². The van der Waals surface area contributed by atoms with Crippen LogP contribution in [0, 0.1) is 11.3 Å². The molecular weight excluding hydrogens is 342 g/mol. The Bertz CT molecular complexity index is 415. The monoisotopic (exact) mass is 359 g/mol. The van der Waals surface area contributed by atoms with E-state index in [0.29, 0.717) is 11.5 Å². The van der Waals surface area contributed by atoms with Crippen LogP contribution in [0.4, 0.5) is 0 Å². The number of nitrogens with one attached hydrogen (secondary N) is 1. The summed E-state index contributed by atoms with van der Waals surface area (Å²) in [4.78, 5) is 0. The lowest BCUT2D eigenvalue weighted by Gasteiger charge is -2.21. The Morgan fingerprint density at radius 2 is 2.06 bits per heavy atom. The van der Waals surface area contributed by atoms with E-state index in [-0.39, 0.29) is 0 Å². The fourth-order valence-electron chi connectivity index (χ4n) is 2.52. The fraction of sp³-hybridized carbons (Fsp3) is 0.571. The maximum absolute atomic E-state index is 3.67. The summed E-state index contributed by atoms with van der Waals surface area (Å²) < 4.78 is 2.35. The van der Waals surface area contributed by atoms with Gasteiger partial charge in [0.1, 0.15) is 0 Å². The zero-order valence-electron chi connectivity index (χ0n) is 10.6. The molecule has 0 radical (unpaired) electrons. The molecule has 0 spiro atoms. The van der Waals surface area contributed by atoms with Crippen LogP contribution in [0.5, 0.6) is 0 Å². The molecule has 1 aliphatic rings. The van der Waals surface area contributed by atoms with Crippen LogP contribution in [0.15, 0.2) is 27.1 Å². The van der Waals surface area contributed by atoms with Gasteiger partial charge in [0, 0.05) is 15.0 Å². The largest absolute Gasteiger partial charge is 0.310 e. The van der Waals surface area contributed by atoms with E-state index in [1.807, 2.05) is 0 Å². The van der Waals surface area contributed by atoms with Crippen LogP contribution in [-0.2, 0) is 0 Å². The lowest BCUT2D eigenvalue weighted by atomic mass is 9.97. The molecule has 3 heteroatoms. The van der Waals surface area contributed by atoms with Gasteiger partial charge in [0.15, 0.2) is 0 Å². The average molecular weight is 361 g/mol. The van der Waals surface area contributed by atoms with Gasteiger partial charge in [-0.3, -0.25) is 0 Å². The molecule has 0 amide bonds. The molecule has 0 aliphatic heterocycles. The number of halogens is 2. The smallest absolute Gasteiger partial charge is 0.0365 e. The van der Waals surface area contributed by atoms with Crippen molar-refractivity contribution in [3.05, 3.63) is 32.7 Å².